The lowest BCUT2D eigenvalue weighted by molar-refractivity contribution is -0.116. The van der Waals surface area contributed by atoms with Crippen molar-refractivity contribution < 1.29 is 19.1 Å². The van der Waals surface area contributed by atoms with E-state index in [4.69, 9.17) is 9.47 Å². The summed E-state index contributed by atoms with van der Waals surface area (Å²) in [5.74, 6) is 1.05. The molecule has 0 saturated carbocycles. The fourth-order valence-electron chi connectivity index (χ4n) is 2.41. The molecule has 2 aromatic carbocycles. The van der Waals surface area contributed by atoms with Crippen LogP contribution in [0.1, 0.15) is 44.0 Å². The molecule has 1 amide bonds. The second kappa shape index (κ2) is 9.61. The Kier molecular flexibility index (Phi) is 7.21. The number of Topliss-reactive ketones (excluding diaryl/α,β-unsaturated/α-hetero) is 1. The zero-order valence-corrected chi connectivity index (χ0v) is 15.5. The first-order valence-corrected chi connectivity index (χ1v) is 8.81. The number of para-hydroxylation sites is 2. The van der Waals surface area contributed by atoms with Crippen LogP contribution < -0.4 is 14.8 Å². The average Bonchev–Trinajstić information content (AvgIpc) is 2.62. The Morgan fingerprint density at radius 3 is 2.35 bits per heavy atom. The standard InChI is InChI=1S/C21H25NO4/c1-4-25-17-11-9-16(10-12-17)19(23)13-14-21(24)22-18-7-5-6-8-20(18)26-15(2)3/h5-12,15H,4,13-14H2,1-3H3,(H,22,24). The van der Waals surface area contributed by atoms with Gasteiger partial charge in [-0.25, -0.2) is 0 Å². The van der Waals surface area contributed by atoms with Crippen LogP contribution in [0, 0.1) is 0 Å². The number of carbonyl (C=O) groups excluding carboxylic acids is 2. The number of amides is 1. The summed E-state index contributed by atoms with van der Waals surface area (Å²) < 4.78 is 11.0. The lowest BCUT2D eigenvalue weighted by Gasteiger charge is -2.14. The van der Waals surface area contributed by atoms with Gasteiger partial charge in [0.15, 0.2) is 5.78 Å². The molecule has 0 aliphatic carbocycles. The number of rotatable bonds is 9. The number of benzene rings is 2. The molecule has 0 aliphatic rings. The molecule has 0 radical (unpaired) electrons. The van der Waals surface area contributed by atoms with Crippen LogP contribution in [0.2, 0.25) is 0 Å². The highest BCUT2D eigenvalue weighted by Crippen LogP contribution is 2.25. The third kappa shape index (κ3) is 5.92. The maximum atomic E-state index is 12.2. The van der Waals surface area contributed by atoms with Gasteiger partial charge in [-0.2, -0.15) is 0 Å². The van der Waals surface area contributed by atoms with Crippen molar-refractivity contribution in [2.75, 3.05) is 11.9 Å². The predicted octanol–water partition coefficient (Wildman–Crippen LogP) is 4.47. The summed E-state index contributed by atoms with van der Waals surface area (Å²) >= 11 is 0. The number of ether oxygens (including phenoxy) is 2. The Hall–Kier alpha value is -2.82. The van der Waals surface area contributed by atoms with Gasteiger partial charge in [-0.3, -0.25) is 9.59 Å². The molecule has 26 heavy (non-hydrogen) atoms. The molecule has 0 unspecified atom stereocenters. The SMILES string of the molecule is CCOc1ccc(C(=O)CCC(=O)Nc2ccccc2OC(C)C)cc1. The molecule has 0 aromatic heterocycles. The minimum Gasteiger partial charge on any atom is -0.494 e. The molecule has 5 nitrogen and oxygen atoms in total. The molecule has 0 saturated heterocycles. The maximum absolute atomic E-state index is 12.2. The summed E-state index contributed by atoms with van der Waals surface area (Å²) in [5.41, 5.74) is 1.18. The molecule has 0 aliphatic heterocycles. The number of hydrogen-bond donors (Lipinski definition) is 1. The Labute approximate surface area is 154 Å². The van der Waals surface area contributed by atoms with E-state index in [2.05, 4.69) is 5.32 Å². The maximum Gasteiger partial charge on any atom is 0.224 e. The second-order valence-corrected chi connectivity index (χ2v) is 6.09. The number of ketones is 1. The predicted molar refractivity (Wildman–Crippen MR) is 102 cm³/mol. The summed E-state index contributed by atoms with van der Waals surface area (Å²) in [6.07, 6.45) is 0.268. The van der Waals surface area contributed by atoms with E-state index in [1.54, 1.807) is 36.4 Å². The molecule has 0 atom stereocenters. The van der Waals surface area contributed by atoms with Gasteiger partial charge in [0.1, 0.15) is 11.5 Å². The molecule has 2 rings (SSSR count). The molecule has 1 N–H and O–H groups in total. The van der Waals surface area contributed by atoms with Crippen molar-refractivity contribution in [3.05, 3.63) is 54.1 Å². The van der Waals surface area contributed by atoms with Crippen LogP contribution in [0.5, 0.6) is 11.5 Å². The number of anilines is 1. The van der Waals surface area contributed by atoms with Gasteiger partial charge in [0.2, 0.25) is 5.91 Å². The highest BCUT2D eigenvalue weighted by Gasteiger charge is 2.12. The van der Waals surface area contributed by atoms with Crippen molar-refractivity contribution in [1.29, 1.82) is 0 Å². The fourth-order valence-corrected chi connectivity index (χ4v) is 2.41. The van der Waals surface area contributed by atoms with Crippen molar-refractivity contribution in [3.8, 4) is 11.5 Å². The normalized spacial score (nSPS) is 10.5. The van der Waals surface area contributed by atoms with Gasteiger partial charge in [-0.05, 0) is 57.2 Å². The highest BCUT2D eigenvalue weighted by atomic mass is 16.5. The van der Waals surface area contributed by atoms with E-state index in [-0.39, 0.29) is 30.6 Å². The van der Waals surface area contributed by atoms with Crippen molar-refractivity contribution >= 4 is 17.4 Å². The number of nitrogens with one attached hydrogen (secondary N) is 1. The van der Waals surface area contributed by atoms with Crippen molar-refractivity contribution in [3.63, 3.8) is 0 Å². The van der Waals surface area contributed by atoms with E-state index in [0.717, 1.165) is 5.75 Å². The Morgan fingerprint density at radius 2 is 1.69 bits per heavy atom. The molecule has 0 bridgehead atoms. The molecular formula is C21H25NO4. The summed E-state index contributed by atoms with van der Waals surface area (Å²) in [5, 5.41) is 2.81. The molecule has 2 aromatic rings. The van der Waals surface area contributed by atoms with Crippen LogP contribution in [-0.4, -0.2) is 24.4 Å². The Balaban J connectivity index is 1.89. The van der Waals surface area contributed by atoms with E-state index in [9.17, 15) is 9.59 Å². The fraction of sp³-hybridized carbons (Fsp3) is 0.333. The molecular weight excluding hydrogens is 330 g/mol. The second-order valence-electron chi connectivity index (χ2n) is 6.09. The Bertz CT molecular complexity index is 738. The van der Waals surface area contributed by atoms with E-state index in [0.29, 0.717) is 23.6 Å². The van der Waals surface area contributed by atoms with E-state index in [1.807, 2.05) is 32.9 Å². The van der Waals surface area contributed by atoms with Crippen molar-refractivity contribution in [2.24, 2.45) is 0 Å². The lowest BCUT2D eigenvalue weighted by atomic mass is 10.1. The van der Waals surface area contributed by atoms with E-state index in [1.165, 1.54) is 0 Å². The molecule has 5 heteroatoms. The first-order chi connectivity index (χ1) is 12.5. The molecule has 0 heterocycles. The summed E-state index contributed by atoms with van der Waals surface area (Å²) in [6, 6.07) is 14.2. The largest absolute Gasteiger partial charge is 0.494 e. The van der Waals surface area contributed by atoms with Gasteiger partial charge in [-0.1, -0.05) is 12.1 Å². The molecule has 138 valence electrons. The van der Waals surface area contributed by atoms with Crippen molar-refractivity contribution in [2.45, 2.75) is 39.7 Å². The smallest absolute Gasteiger partial charge is 0.224 e. The Morgan fingerprint density at radius 1 is 1.00 bits per heavy atom. The van der Waals surface area contributed by atoms with Crippen LogP contribution in [-0.2, 0) is 4.79 Å². The number of hydrogen-bond acceptors (Lipinski definition) is 4. The van der Waals surface area contributed by atoms with Crippen molar-refractivity contribution in [1.82, 2.24) is 0 Å². The van der Waals surface area contributed by atoms with Gasteiger partial charge >= 0.3 is 0 Å². The topological polar surface area (TPSA) is 64.6 Å². The number of carbonyl (C=O) groups is 2. The summed E-state index contributed by atoms with van der Waals surface area (Å²) in [7, 11) is 0. The van der Waals surface area contributed by atoms with Crippen LogP contribution in [0.25, 0.3) is 0 Å². The average molecular weight is 355 g/mol. The zero-order chi connectivity index (χ0) is 18.9. The van der Waals surface area contributed by atoms with Gasteiger partial charge in [0.25, 0.3) is 0 Å². The van der Waals surface area contributed by atoms with E-state index >= 15 is 0 Å². The van der Waals surface area contributed by atoms with Crippen LogP contribution in [0.15, 0.2) is 48.5 Å². The summed E-state index contributed by atoms with van der Waals surface area (Å²) in [6.45, 7) is 6.33. The zero-order valence-electron chi connectivity index (χ0n) is 15.5. The minimum atomic E-state index is -0.218. The summed E-state index contributed by atoms with van der Waals surface area (Å²) in [4.78, 5) is 24.4. The van der Waals surface area contributed by atoms with E-state index < -0.39 is 0 Å². The monoisotopic (exact) mass is 355 g/mol. The van der Waals surface area contributed by atoms with Gasteiger partial charge in [0.05, 0.1) is 18.4 Å². The quantitative estimate of drug-likeness (QED) is 0.674. The van der Waals surface area contributed by atoms with Crippen LogP contribution >= 0.6 is 0 Å². The molecule has 0 spiro atoms. The minimum absolute atomic E-state index is 0.00860. The molecule has 0 fully saturated rings. The van der Waals surface area contributed by atoms with Gasteiger partial charge in [-0.15, -0.1) is 0 Å². The third-order valence-electron chi connectivity index (χ3n) is 3.59. The van der Waals surface area contributed by atoms with Gasteiger partial charge < -0.3 is 14.8 Å². The highest BCUT2D eigenvalue weighted by molar-refractivity contribution is 6.00. The third-order valence-corrected chi connectivity index (χ3v) is 3.59. The van der Waals surface area contributed by atoms with Crippen LogP contribution in [0.4, 0.5) is 5.69 Å². The van der Waals surface area contributed by atoms with Crippen LogP contribution in [0.3, 0.4) is 0 Å². The lowest BCUT2D eigenvalue weighted by Crippen LogP contribution is -2.15. The first-order valence-electron chi connectivity index (χ1n) is 8.81. The van der Waals surface area contributed by atoms with Gasteiger partial charge in [0, 0.05) is 18.4 Å². The first kappa shape index (κ1) is 19.5.